The molecule has 0 aliphatic heterocycles. The van der Waals surface area contributed by atoms with Crippen molar-refractivity contribution in [1.82, 2.24) is 4.57 Å². The van der Waals surface area contributed by atoms with Crippen LogP contribution in [0.25, 0.3) is 92.8 Å². The Bertz CT molecular complexity index is 3180. The summed E-state index contributed by atoms with van der Waals surface area (Å²) in [4.78, 5) is 0. The lowest BCUT2D eigenvalue weighted by Gasteiger charge is -2.19. The van der Waals surface area contributed by atoms with E-state index in [1.54, 1.807) is 0 Å². The first kappa shape index (κ1) is 20.0. The minimum atomic E-state index is -0.483. The van der Waals surface area contributed by atoms with E-state index in [0.29, 0.717) is 5.56 Å². The fraction of sp³-hybridized carbons (Fsp3) is 0. The van der Waals surface area contributed by atoms with Crippen LogP contribution in [0.15, 0.2) is 176 Å². The zero-order valence-electron chi connectivity index (χ0n) is 32.1. The van der Waals surface area contributed by atoms with Gasteiger partial charge in [0.15, 0.2) is 0 Å². The number of fused-ring (bicyclic) bond motifs is 7. The van der Waals surface area contributed by atoms with Gasteiger partial charge in [-0.3, -0.25) is 0 Å². The van der Waals surface area contributed by atoms with Crippen LogP contribution in [0.4, 0.5) is 0 Å². The molecule has 0 aliphatic carbocycles. The van der Waals surface area contributed by atoms with E-state index in [1.807, 2.05) is 42.5 Å². The van der Waals surface area contributed by atoms with Crippen molar-refractivity contribution in [1.29, 1.82) is 0 Å². The summed E-state index contributed by atoms with van der Waals surface area (Å²) in [5, 5.41) is 7.71. The molecule has 218 valence electrons. The number of hydrogen-bond donors (Lipinski definition) is 0. The summed E-state index contributed by atoms with van der Waals surface area (Å²) in [6.07, 6.45) is 0. The molecule has 0 aliphatic rings. The first-order valence-corrected chi connectivity index (χ1v) is 15.7. The quantitative estimate of drug-likeness (QED) is 0.177. The lowest BCUT2D eigenvalue weighted by atomic mass is 9.84. The molecule has 0 amide bonds. The molecule has 1 heterocycles. The van der Waals surface area contributed by atoms with E-state index in [1.165, 1.54) is 0 Å². The van der Waals surface area contributed by atoms with E-state index in [0.717, 1.165) is 70.9 Å². The van der Waals surface area contributed by atoms with Gasteiger partial charge in [-0.2, -0.15) is 0 Å². The van der Waals surface area contributed by atoms with Crippen molar-refractivity contribution in [3.63, 3.8) is 0 Å². The second-order valence-corrected chi connectivity index (χ2v) is 11.9. The number of rotatable bonds is 3. The number of nitrogens with zero attached hydrogens (tertiary/aromatic N) is 1. The van der Waals surface area contributed by atoms with Crippen molar-refractivity contribution >= 4 is 64.9 Å². The van der Waals surface area contributed by atoms with Gasteiger partial charge in [-0.25, -0.2) is 0 Å². The number of aromatic nitrogens is 1. The van der Waals surface area contributed by atoms with Crippen LogP contribution in [0.2, 0.25) is 0 Å². The topological polar surface area (TPSA) is 4.93 Å². The normalized spacial score (nSPS) is 13.9. The molecule has 10 rings (SSSR count). The van der Waals surface area contributed by atoms with E-state index >= 15 is 0 Å². The fourth-order valence-corrected chi connectivity index (χ4v) is 7.41. The number of benzene rings is 9. The molecule has 0 bridgehead atoms. The molecule has 9 aromatic carbocycles. The Morgan fingerprint density at radius 1 is 0.426 bits per heavy atom. The summed E-state index contributed by atoms with van der Waals surface area (Å²) in [5.41, 5.74) is 6.01. The van der Waals surface area contributed by atoms with Crippen LogP contribution < -0.4 is 0 Å². The summed E-state index contributed by atoms with van der Waals surface area (Å²) in [5.74, 6) is 0. The van der Waals surface area contributed by atoms with Crippen molar-refractivity contribution in [2.45, 2.75) is 0 Å². The van der Waals surface area contributed by atoms with E-state index < -0.39 is 18.1 Å². The summed E-state index contributed by atoms with van der Waals surface area (Å²) in [7, 11) is 0. The highest BCUT2D eigenvalue weighted by Crippen LogP contribution is 2.47. The SMILES string of the molecule is [2H]c1c([2H])c([2H])c2c([2H])c(-c3c4ccccc4c(-c4cccc5c4c4cc6ccccc6cc4n5-c4ccccc4)c4ccccc34)c([2H])c([2H])c2c1[2H]. The third kappa shape index (κ3) is 3.90. The molecule has 0 unspecified atom stereocenters. The van der Waals surface area contributed by atoms with Gasteiger partial charge in [0.1, 0.15) is 0 Å². The molecule has 0 radical (unpaired) electrons. The monoisotopic (exact) mass is 602 g/mol. The molecule has 10 aromatic rings. The Kier molecular flexibility index (Phi) is 4.34. The molecular weight excluding hydrogens is 567 g/mol. The average Bonchev–Trinajstić information content (AvgIpc) is 3.53. The standard InChI is InChI=1S/C46H29N/c1-2-17-35(18-3-1)47-42-24-12-23-40(46(42)41-28-32-15-6-7-16-33(32)29-43(41)47)45-38-21-10-8-19-36(38)44(37-20-9-11-22-39(37)45)34-26-25-30-13-4-5-14-31(30)27-34/h1-29H/i4D,5D,13D,14D,25D,26D,27D. The summed E-state index contributed by atoms with van der Waals surface area (Å²) >= 11 is 0. The van der Waals surface area contributed by atoms with Crippen molar-refractivity contribution in [2.24, 2.45) is 0 Å². The maximum atomic E-state index is 9.48. The molecular formula is C46H29N. The Labute approximate surface area is 282 Å². The first-order valence-electron chi connectivity index (χ1n) is 19.2. The van der Waals surface area contributed by atoms with Crippen LogP contribution in [0.1, 0.15) is 9.60 Å². The molecule has 0 saturated heterocycles. The van der Waals surface area contributed by atoms with E-state index in [-0.39, 0.29) is 40.5 Å². The third-order valence-corrected chi connectivity index (χ3v) is 9.37. The van der Waals surface area contributed by atoms with Gasteiger partial charge >= 0.3 is 0 Å². The predicted octanol–water partition coefficient (Wildman–Crippen LogP) is 12.7. The van der Waals surface area contributed by atoms with Gasteiger partial charge in [0.2, 0.25) is 0 Å². The van der Waals surface area contributed by atoms with E-state index in [2.05, 4.69) is 95.6 Å². The molecule has 1 aromatic heterocycles. The van der Waals surface area contributed by atoms with Crippen LogP contribution in [0, 0.1) is 0 Å². The molecule has 0 saturated carbocycles. The van der Waals surface area contributed by atoms with Crippen LogP contribution >= 0.6 is 0 Å². The van der Waals surface area contributed by atoms with Crippen molar-refractivity contribution in [2.75, 3.05) is 0 Å². The van der Waals surface area contributed by atoms with Crippen molar-refractivity contribution in [3.8, 4) is 27.9 Å². The van der Waals surface area contributed by atoms with Gasteiger partial charge in [-0.1, -0.05) is 139 Å². The highest BCUT2D eigenvalue weighted by Gasteiger charge is 2.21. The second kappa shape index (κ2) is 10.2. The fourth-order valence-electron chi connectivity index (χ4n) is 7.41. The minimum Gasteiger partial charge on any atom is -0.309 e. The Hall–Kier alpha value is -6.18. The van der Waals surface area contributed by atoms with Crippen LogP contribution in [-0.4, -0.2) is 4.57 Å². The van der Waals surface area contributed by atoms with Gasteiger partial charge in [-0.05, 0) is 102 Å². The molecule has 0 N–H and O–H groups in total. The molecule has 0 spiro atoms. The Balaban J connectivity index is 1.38. The molecule has 0 atom stereocenters. The Morgan fingerprint density at radius 3 is 1.77 bits per heavy atom. The zero-order chi connectivity index (χ0) is 37.0. The predicted molar refractivity (Wildman–Crippen MR) is 202 cm³/mol. The maximum absolute atomic E-state index is 9.48. The lowest BCUT2D eigenvalue weighted by molar-refractivity contribution is 1.18. The average molecular weight is 603 g/mol. The van der Waals surface area contributed by atoms with Gasteiger partial charge < -0.3 is 4.57 Å². The first-order chi connectivity index (χ1) is 26.3. The van der Waals surface area contributed by atoms with Gasteiger partial charge in [0.05, 0.1) is 20.6 Å². The maximum Gasteiger partial charge on any atom is 0.0636 e. The van der Waals surface area contributed by atoms with Crippen molar-refractivity contribution in [3.05, 3.63) is 176 Å². The van der Waals surface area contributed by atoms with Gasteiger partial charge in [-0.15, -0.1) is 0 Å². The zero-order valence-corrected chi connectivity index (χ0v) is 25.1. The van der Waals surface area contributed by atoms with Crippen LogP contribution in [-0.2, 0) is 0 Å². The lowest BCUT2D eigenvalue weighted by Crippen LogP contribution is -1.94. The van der Waals surface area contributed by atoms with E-state index in [9.17, 15) is 2.74 Å². The summed E-state index contributed by atoms with van der Waals surface area (Å²) in [6, 6.07) is 43.2. The van der Waals surface area contributed by atoms with Gasteiger partial charge in [0.25, 0.3) is 0 Å². The molecule has 1 heteroatoms. The Morgan fingerprint density at radius 2 is 1.04 bits per heavy atom. The molecule has 1 nitrogen and oxygen atoms in total. The highest BCUT2D eigenvalue weighted by molar-refractivity contribution is 6.27. The van der Waals surface area contributed by atoms with Crippen molar-refractivity contribution < 1.29 is 9.60 Å². The summed E-state index contributed by atoms with van der Waals surface area (Å²) < 4.78 is 64.1. The van der Waals surface area contributed by atoms with Crippen LogP contribution in [0.3, 0.4) is 0 Å². The molecule has 0 fully saturated rings. The largest absolute Gasteiger partial charge is 0.309 e. The minimum absolute atomic E-state index is 0.0556. The third-order valence-electron chi connectivity index (χ3n) is 9.37. The number of hydrogen-bond acceptors (Lipinski definition) is 0. The second-order valence-electron chi connectivity index (χ2n) is 11.9. The van der Waals surface area contributed by atoms with E-state index in [4.69, 9.17) is 6.85 Å². The molecule has 47 heavy (non-hydrogen) atoms. The van der Waals surface area contributed by atoms with Crippen LogP contribution in [0.5, 0.6) is 0 Å². The number of para-hydroxylation sites is 1. The smallest absolute Gasteiger partial charge is 0.0636 e. The summed E-state index contributed by atoms with van der Waals surface area (Å²) in [6.45, 7) is 0. The highest BCUT2D eigenvalue weighted by atomic mass is 15.0. The van der Waals surface area contributed by atoms with Gasteiger partial charge in [0, 0.05) is 16.5 Å².